The summed E-state index contributed by atoms with van der Waals surface area (Å²) < 4.78 is 12.7. The first-order valence-corrected chi connectivity index (χ1v) is 6.97. The first kappa shape index (κ1) is 11.0. The van der Waals surface area contributed by atoms with E-state index in [0.29, 0.717) is 5.56 Å². The summed E-state index contributed by atoms with van der Waals surface area (Å²) in [6, 6.07) is 5.82. The number of thioether (sulfide) groups is 2. The summed E-state index contributed by atoms with van der Waals surface area (Å²) in [5.74, 6) is 2.87. The minimum atomic E-state index is -0.294. The maximum Gasteiger partial charge on any atom is 0.176 e. The molecule has 15 heavy (non-hydrogen) atoms. The summed E-state index contributed by atoms with van der Waals surface area (Å²) >= 11 is 3.52. The fourth-order valence-electron chi connectivity index (χ4n) is 1.44. The first-order valence-electron chi connectivity index (χ1n) is 4.76. The second-order valence-corrected chi connectivity index (χ2v) is 5.77. The molecule has 0 aliphatic carbocycles. The lowest BCUT2D eigenvalue weighted by atomic mass is 10.1. The van der Waals surface area contributed by atoms with Gasteiger partial charge in [0.15, 0.2) is 5.78 Å². The molecule has 1 unspecified atom stereocenters. The molecule has 4 heteroatoms. The minimum absolute atomic E-state index is 0.0502. The van der Waals surface area contributed by atoms with Gasteiger partial charge in [0.25, 0.3) is 0 Å². The number of halogens is 1. The summed E-state index contributed by atoms with van der Waals surface area (Å²) in [5, 5.41) is 0.0502. The Labute approximate surface area is 96.8 Å². The Morgan fingerprint density at radius 1 is 1.27 bits per heavy atom. The van der Waals surface area contributed by atoms with E-state index in [2.05, 4.69) is 0 Å². The molecule has 80 valence electrons. The van der Waals surface area contributed by atoms with Crippen molar-refractivity contribution in [1.29, 1.82) is 0 Å². The Balaban J connectivity index is 2.09. The normalized spacial score (nSPS) is 21.3. The highest BCUT2D eigenvalue weighted by Crippen LogP contribution is 2.26. The zero-order valence-electron chi connectivity index (χ0n) is 8.11. The van der Waals surface area contributed by atoms with Crippen LogP contribution in [0.3, 0.4) is 0 Å². The summed E-state index contributed by atoms with van der Waals surface area (Å²) in [7, 11) is 0. The lowest BCUT2D eigenvalue weighted by Gasteiger charge is -2.19. The van der Waals surface area contributed by atoms with Crippen LogP contribution >= 0.6 is 23.5 Å². The third-order valence-electron chi connectivity index (χ3n) is 2.24. The molecule has 2 rings (SSSR count). The number of Topliss-reactive ketones (excluding diaryl/α,β-unsaturated/α-hetero) is 1. The van der Waals surface area contributed by atoms with Gasteiger partial charge >= 0.3 is 0 Å². The van der Waals surface area contributed by atoms with Crippen molar-refractivity contribution in [2.24, 2.45) is 0 Å². The molecule has 1 heterocycles. The highest BCUT2D eigenvalue weighted by atomic mass is 32.2. The van der Waals surface area contributed by atoms with E-state index in [1.54, 1.807) is 23.9 Å². The van der Waals surface area contributed by atoms with Gasteiger partial charge in [-0.05, 0) is 24.3 Å². The van der Waals surface area contributed by atoms with Gasteiger partial charge in [0.05, 0.1) is 5.25 Å². The Kier molecular flexibility index (Phi) is 3.70. The van der Waals surface area contributed by atoms with Crippen molar-refractivity contribution in [2.45, 2.75) is 5.25 Å². The van der Waals surface area contributed by atoms with Gasteiger partial charge in [-0.2, -0.15) is 11.8 Å². The molecule has 1 saturated heterocycles. The van der Waals surface area contributed by atoms with Crippen molar-refractivity contribution < 1.29 is 9.18 Å². The monoisotopic (exact) mass is 242 g/mol. The molecule has 1 nitrogen and oxygen atoms in total. The number of carbonyl (C=O) groups is 1. The second kappa shape index (κ2) is 5.03. The largest absolute Gasteiger partial charge is 0.293 e. The number of rotatable bonds is 2. The predicted octanol–water partition coefficient (Wildman–Crippen LogP) is 2.86. The third kappa shape index (κ3) is 2.75. The molecule has 1 aromatic carbocycles. The molecule has 0 bridgehead atoms. The lowest BCUT2D eigenvalue weighted by molar-refractivity contribution is 0.0995. The maximum atomic E-state index is 12.7. The summed E-state index contributed by atoms with van der Waals surface area (Å²) in [5.41, 5.74) is 0.622. The predicted molar refractivity (Wildman–Crippen MR) is 64.3 cm³/mol. The molecule has 1 aromatic rings. The van der Waals surface area contributed by atoms with E-state index in [1.807, 2.05) is 11.8 Å². The molecule has 0 N–H and O–H groups in total. The van der Waals surface area contributed by atoms with Gasteiger partial charge in [-0.15, -0.1) is 11.8 Å². The van der Waals surface area contributed by atoms with Crippen LogP contribution < -0.4 is 0 Å². The summed E-state index contributed by atoms with van der Waals surface area (Å²) in [4.78, 5) is 12.0. The van der Waals surface area contributed by atoms with Crippen molar-refractivity contribution in [1.82, 2.24) is 0 Å². The van der Waals surface area contributed by atoms with Crippen LogP contribution in [0.2, 0.25) is 0 Å². The van der Waals surface area contributed by atoms with Gasteiger partial charge in [-0.25, -0.2) is 4.39 Å². The van der Waals surface area contributed by atoms with E-state index in [4.69, 9.17) is 0 Å². The van der Waals surface area contributed by atoms with Crippen LogP contribution in [-0.4, -0.2) is 28.3 Å². The van der Waals surface area contributed by atoms with Gasteiger partial charge in [0.2, 0.25) is 0 Å². The molecular weight excluding hydrogens is 231 g/mol. The van der Waals surface area contributed by atoms with E-state index in [-0.39, 0.29) is 16.9 Å². The second-order valence-electron chi connectivity index (χ2n) is 3.31. The van der Waals surface area contributed by atoms with E-state index in [0.717, 1.165) is 17.3 Å². The number of ketones is 1. The highest BCUT2D eigenvalue weighted by Gasteiger charge is 2.23. The number of hydrogen-bond acceptors (Lipinski definition) is 3. The zero-order chi connectivity index (χ0) is 10.7. The summed E-state index contributed by atoms with van der Waals surface area (Å²) in [6.07, 6.45) is 0. The van der Waals surface area contributed by atoms with Crippen molar-refractivity contribution in [2.75, 3.05) is 17.3 Å². The quantitative estimate of drug-likeness (QED) is 0.742. The van der Waals surface area contributed by atoms with Gasteiger partial charge in [-0.1, -0.05) is 0 Å². The molecule has 0 radical (unpaired) electrons. The molecule has 0 spiro atoms. The smallest absolute Gasteiger partial charge is 0.176 e. The number of carbonyl (C=O) groups excluding carboxylic acids is 1. The van der Waals surface area contributed by atoms with Gasteiger partial charge in [0, 0.05) is 22.8 Å². The van der Waals surface area contributed by atoms with Crippen molar-refractivity contribution >= 4 is 29.3 Å². The Bertz CT molecular complexity index is 344. The fraction of sp³-hybridized carbons (Fsp3) is 0.364. The molecule has 1 atom stereocenters. The Morgan fingerprint density at radius 3 is 2.60 bits per heavy atom. The van der Waals surface area contributed by atoms with Crippen LogP contribution in [0.15, 0.2) is 24.3 Å². The average Bonchev–Trinajstić information content (AvgIpc) is 2.30. The zero-order valence-corrected chi connectivity index (χ0v) is 9.74. The van der Waals surface area contributed by atoms with Crippen molar-refractivity contribution in [3.05, 3.63) is 35.6 Å². The Morgan fingerprint density at radius 2 is 2.00 bits per heavy atom. The van der Waals surface area contributed by atoms with Gasteiger partial charge in [0.1, 0.15) is 5.82 Å². The standard InChI is InChI=1S/C11H11FOS2/c12-9-3-1-8(2-4-9)11(13)10-7-14-5-6-15-10/h1-4,10H,5-7H2. The highest BCUT2D eigenvalue weighted by molar-refractivity contribution is 8.07. The van der Waals surface area contributed by atoms with Gasteiger partial charge < -0.3 is 0 Å². The molecule has 1 aliphatic heterocycles. The molecular formula is C11H11FOS2. The first-order chi connectivity index (χ1) is 7.27. The van der Waals surface area contributed by atoms with E-state index >= 15 is 0 Å². The minimum Gasteiger partial charge on any atom is -0.293 e. The van der Waals surface area contributed by atoms with Crippen LogP contribution in [0.5, 0.6) is 0 Å². The average molecular weight is 242 g/mol. The fourth-order valence-corrected chi connectivity index (χ4v) is 4.07. The summed E-state index contributed by atoms with van der Waals surface area (Å²) in [6.45, 7) is 0. The van der Waals surface area contributed by atoms with Crippen LogP contribution in [0, 0.1) is 5.82 Å². The molecule has 1 aliphatic rings. The topological polar surface area (TPSA) is 17.1 Å². The molecule has 0 amide bonds. The van der Waals surface area contributed by atoms with Crippen molar-refractivity contribution in [3.8, 4) is 0 Å². The maximum absolute atomic E-state index is 12.7. The third-order valence-corrected chi connectivity index (χ3v) is 4.99. The Hall–Kier alpha value is -0.480. The molecule has 0 aromatic heterocycles. The van der Waals surface area contributed by atoms with E-state index in [9.17, 15) is 9.18 Å². The van der Waals surface area contributed by atoms with E-state index < -0.39 is 0 Å². The van der Waals surface area contributed by atoms with E-state index in [1.165, 1.54) is 12.1 Å². The van der Waals surface area contributed by atoms with Gasteiger partial charge in [-0.3, -0.25) is 4.79 Å². The van der Waals surface area contributed by atoms with Crippen molar-refractivity contribution in [3.63, 3.8) is 0 Å². The number of benzene rings is 1. The van der Waals surface area contributed by atoms with Crippen LogP contribution in [0.4, 0.5) is 4.39 Å². The van der Waals surface area contributed by atoms with Crippen LogP contribution in [0.25, 0.3) is 0 Å². The lowest BCUT2D eigenvalue weighted by Crippen LogP contribution is -2.24. The number of hydrogen-bond donors (Lipinski definition) is 0. The molecule has 0 saturated carbocycles. The molecule has 1 fully saturated rings. The van der Waals surface area contributed by atoms with Crippen LogP contribution in [-0.2, 0) is 0 Å². The SMILES string of the molecule is O=C(c1ccc(F)cc1)C1CSCCS1. The van der Waals surface area contributed by atoms with Crippen LogP contribution in [0.1, 0.15) is 10.4 Å².